The molecule has 0 radical (unpaired) electrons. The van der Waals surface area contributed by atoms with Gasteiger partial charge in [-0.05, 0) is 43.2 Å². The van der Waals surface area contributed by atoms with Gasteiger partial charge in [0.1, 0.15) is 5.75 Å². The summed E-state index contributed by atoms with van der Waals surface area (Å²) in [5.41, 5.74) is 4.98. The van der Waals surface area contributed by atoms with Gasteiger partial charge in [-0.25, -0.2) is 0 Å². The van der Waals surface area contributed by atoms with Crippen LogP contribution in [0.5, 0.6) is 5.75 Å². The van der Waals surface area contributed by atoms with Gasteiger partial charge in [-0.2, -0.15) is 4.57 Å². The minimum Gasteiger partial charge on any atom is -0.492 e. The monoisotopic (exact) mass is 569 g/mol. The Labute approximate surface area is 244 Å². The van der Waals surface area contributed by atoms with Crippen LogP contribution >= 0.6 is 22.9 Å². The summed E-state index contributed by atoms with van der Waals surface area (Å²) in [6, 6.07) is 13.6. The van der Waals surface area contributed by atoms with Gasteiger partial charge in [0.05, 0.1) is 22.9 Å². The van der Waals surface area contributed by atoms with E-state index in [0.29, 0.717) is 17.4 Å². The fourth-order valence-electron chi connectivity index (χ4n) is 4.72. The van der Waals surface area contributed by atoms with E-state index in [-0.39, 0.29) is 12.3 Å². The lowest BCUT2D eigenvalue weighted by Gasteiger charge is -2.10. The minimum absolute atomic E-state index is 0.0631. The van der Waals surface area contributed by atoms with Crippen molar-refractivity contribution in [2.45, 2.75) is 104 Å². The first-order valence-electron chi connectivity index (χ1n) is 14.8. The first-order valence-corrected chi connectivity index (χ1v) is 16.0. The maximum atomic E-state index is 12.6. The molecule has 1 N–H and O–H groups in total. The Balaban J connectivity index is 1.28. The van der Waals surface area contributed by atoms with E-state index in [2.05, 4.69) is 47.6 Å². The van der Waals surface area contributed by atoms with Crippen molar-refractivity contribution in [1.29, 1.82) is 0 Å². The number of carbonyl (C=O) groups is 1. The number of ether oxygens (including phenoxy) is 1. The number of unbranched alkanes of at least 4 members (excludes halogenated alkanes) is 11. The standard InChI is InChI=1S/C33H45ClN2O2S/c1-3-4-5-6-7-8-9-10-11-12-13-14-21-38-32-20-17-29(22-31(32)34)23-33(37)35-30-18-15-28(16-19-30)25-36-24-27(2)39-26-36/h15-20,22,24,26H,3-14,21,23,25H2,1-2H3/p+1. The zero-order valence-electron chi connectivity index (χ0n) is 23.9. The zero-order valence-corrected chi connectivity index (χ0v) is 25.4. The van der Waals surface area contributed by atoms with Crippen molar-refractivity contribution < 1.29 is 14.1 Å². The van der Waals surface area contributed by atoms with Gasteiger partial charge >= 0.3 is 0 Å². The molecule has 0 bridgehead atoms. The second-order valence-corrected chi connectivity index (χ2v) is 12.1. The second kappa shape index (κ2) is 18.1. The first kappa shape index (κ1) is 31.2. The van der Waals surface area contributed by atoms with Crippen LogP contribution in [0, 0.1) is 6.92 Å². The molecule has 4 nitrogen and oxygen atoms in total. The van der Waals surface area contributed by atoms with E-state index >= 15 is 0 Å². The van der Waals surface area contributed by atoms with Gasteiger partial charge in [0, 0.05) is 11.3 Å². The van der Waals surface area contributed by atoms with Crippen molar-refractivity contribution in [1.82, 2.24) is 0 Å². The van der Waals surface area contributed by atoms with Crippen molar-refractivity contribution in [3.05, 3.63) is 75.2 Å². The van der Waals surface area contributed by atoms with Crippen molar-refractivity contribution >= 4 is 34.5 Å². The Morgan fingerprint density at radius 1 is 0.872 bits per heavy atom. The van der Waals surface area contributed by atoms with Crippen molar-refractivity contribution in [2.75, 3.05) is 11.9 Å². The van der Waals surface area contributed by atoms with Gasteiger partial charge in [-0.15, -0.1) is 0 Å². The lowest BCUT2D eigenvalue weighted by atomic mass is 10.1. The van der Waals surface area contributed by atoms with E-state index in [9.17, 15) is 4.79 Å². The van der Waals surface area contributed by atoms with Crippen LogP contribution in [0.4, 0.5) is 5.69 Å². The molecule has 0 unspecified atom stereocenters. The van der Waals surface area contributed by atoms with Gasteiger partial charge < -0.3 is 10.1 Å². The van der Waals surface area contributed by atoms with Crippen molar-refractivity contribution in [3.63, 3.8) is 0 Å². The lowest BCUT2D eigenvalue weighted by molar-refractivity contribution is -0.683. The molecule has 1 amide bonds. The number of hydrogen-bond acceptors (Lipinski definition) is 3. The second-order valence-electron chi connectivity index (χ2n) is 10.6. The third-order valence-electron chi connectivity index (χ3n) is 6.94. The predicted molar refractivity (Wildman–Crippen MR) is 165 cm³/mol. The molecule has 3 rings (SSSR count). The van der Waals surface area contributed by atoms with Gasteiger partial charge in [-0.1, -0.05) is 119 Å². The minimum atomic E-state index is -0.0631. The fourth-order valence-corrected chi connectivity index (χ4v) is 5.61. The number of nitrogens with one attached hydrogen (secondary N) is 1. The van der Waals surface area contributed by atoms with E-state index in [1.807, 2.05) is 30.3 Å². The highest BCUT2D eigenvalue weighted by Crippen LogP contribution is 2.26. The average Bonchev–Trinajstić information content (AvgIpc) is 3.33. The molecule has 0 aliphatic heterocycles. The summed E-state index contributed by atoms with van der Waals surface area (Å²) < 4.78 is 8.08. The molecule has 1 aromatic heterocycles. The summed E-state index contributed by atoms with van der Waals surface area (Å²) in [5, 5.41) is 3.54. The summed E-state index contributed by atoms with van der Waals surface area (Å²) in [6.45, 7) is 5.88. The molecule has 2 aromatic carbocycles. The van der Waals surface area contributed by atoms with Gasteiger partial charge in [0.25, 0.3) is 0 Å². The molecule has 0 aliphatic carbocycles. The molecular formula is C33H46ClN2O2S+. The largest absolute Gasteiger partial charge is 0.492 e. The van der Waals surface area contributed by atoms with Crippen LogP contribution in [0.25, 0.3) is 0 Å². The van der Waals surface area contributed by atoms with E-state index in [4.69, 9.17) is 16.3 Å². The molecule has 3 aromatic rings. The molecular weight excluding hydrogens is 524 g/mol. The number of thiazole rings is 1. The first-order chi connectivity index (χ1) is 19.0. The van der Waals surface area contributed by atoms with Crippen LogP contribution in [-0.2, 0) is 17.8 Å². The Morgan fingerprint density at radius 3 is 2.08 bits per heavy atom. The Morgan fingerprint density at radius 2 is 1.49 bits per heavy atom. The highest BCUT2D eigenvalue weighted by Gasteiger charge is 2.09. The fraction of sp³-hybridized carbons (Fsp3) is 0.515. The number of carbonyl (C=O) groups excluding carboxylic acids is 1. The van der Waals surface area contributed by atoms with Crippen LogP contribution in [0.15, 0.2) is 54.2 Å². The third kappa shape index (κ3) is 12.6. The van der Waals surface area contributed by atoms with Gasteiger partial charge in [0.15, 0.2) is 12.7 Å². The number of hydrogen-bond donors (Lipinski definition) is 1. The quantitative estimate of drug-likeness (QED) is 0.115. The van der Waals surface area contributed by atoms with E-state index in [0.717, 1.165) is 24.2 Å². The highest BCUT2D eigenvalue weighted by molar-refractivity contribution is 7.09. The summed E-state index contributed by atoms with van der Waals surface area (Å²) in [6.07, 6.45) is 18.3. The Bertz CT molecular complexity index is 1110. The van der Waals surface area contributed by atoms with Gasteiger partial charge in [0.2, 0.25) is 11.4 Å². The maximum Gasteiger partial charge on any atom is 0.228 e. The predicted octanol–water partition coefficient (Wildman–Crippen LogP) is 9.31. The third-order valence-corrected chi connectivity index (χ3v) is 8.09. The molecule has 1 heterocycles. The molecule has 212 valence electrons. The summed E-state index contributed by atoms with van der Waals surface area (Å²) in [5.74, 6) is 0.630. The summed E-state index contributed by atoms with van der Waals surface area (Å²) in [7, 11) is 0. The van der Waals surface area contributed by atoms with Crippen LogP contribution in [0.3, 0.4) is 0 Å². The number of amides is 1. The SMILES string of the molecule is CCCCCCCCCCCCCCOc1ccc(CC(=O)Nc2ccc(C[n+]3csc(C)c3)cc2)cc1Cl. The molecule has 39 heavy (non-hydrogen) atoms. The van der Waals surface area contributed by atoms with Crippen molar-refractivity contribution in [2.24, 2.45) is 0 Å². The number of benzene rings is 2. The van der Waals surface area contributed by atoms with Gasteiger partial charge in [-0.3, -0.25) is 4.79 Å². The topological polar surface area (TPSA) is 42.2 Å². The van der Waals surface area contributed by atoms with E-state index in [1.165, 1.54) is 81.1 Å². The molecule has 0 spiro atoms. The molecule has 0 saturated heterocycles. The number of halogens is 1. The number of rotatable bonds is 19. The molecule has 0 atom stereocenters. The maximum absolute atomic E-state index is 12.6. The van der Waals surface area contributed by atoms with Crippen LogP contribution in [-0.4, -0.2) is 12.5 Å². The lowest BCUT2D eigenvalue weighted by Crippen LogP contribution is -2.30. The molecule has 0 aliphatic rings. The summed E-state index contributed by atoms with van der Waals surface area (Å²) in [4.78, 5) is 13.9. The summed E-state index contributed by atoms with van der Waals surface area (Å²) >= 11 is 8.19. The number of anilines is 1. The van der Waals surface area contributed by atoms with E-state index < -0.39 is 0 Å². The average molecular weight is 570 g/mol. The van der Waals surface area contributed by atoms with Crippen LogP contribution in [0.2, 0.25) is 5.02 Å². The number of aromatic nitrogens is 1. The molecule has 0 fully saturated rings. The number of aryl methyl sites for hydroxylation is 1. The Kier molecular flexibility index (Phi) is 14.4. The molecule has 0 saturated carbocycles. The normalized spacial score (nSPS) is 11.1. The Hall–Kier alpha value is -2.37. The van der Waals surface area contributed by atoms with Crippen molar-refractivity contribution in [3.8, 4) is 5.75 Å². The van der Waals surface area contributed by atoms with E-state index in [1.54, 1.807) is 11.3 Å². The van der Waals surface area contributed by atoms with Crippen LogP contribution < -0.4 is 14.6 Å². The number of nitrogens with zero attached hydrogens (tertiary/aromatic N) is 1. The smallest absolute Gasteiger partial charge is 0.228 e. The molecule has 6 heteroatoms. The zero-order chi connectivity index (χ0) is 27.7. The highest BCUT2D eigenvalue weighted by atomic mass is 35.5. The van der Waals surface area contributed by atoms with Crippen LogP contribution in [0.1, 0.15) is 100.0 Å².